The molecule has 8 heteroatoms. The number of benzene rings is 2. The fourth-order valence-corrected chi connectivity index (χ4v) is 4.50. The number of anilines is 1. The normalized spacial score (nSPS) is 11.9. The third-order valence-electron chi connectivity index (χ3n) is 4.54. The second-order valence-corrected chi connectivity index (χ2v) is 8.92. The van der Waals surface area contributed by atoms with Gasteiger partial charge in [-0.25, -0.2) is 4.98 Å². The minimum atomic E-state index is -0.341. The summed E-state index contributed by atoms with van der Waals surface area (Å²) in [6, 6.07) is 20.1. The molecule has 6 nitrogen and oxygen atoms in total. The monoisotopic (exact) mass is 435 g/mol. The molecule has 0 radical (unpaired) electrons. The summed E-state index contributed by atoms with van der Waals surface area (Å²) in [7, 11) is 0. The predicted molar refractivity (Wildman–Crippen MR) is 122 cm³/mol. The van der Waals surface area contributed by atoms with Crippen molar-refractivity contribution >= 4 is 34.1 Å². The first-order valence-corrected chi connectivity index (χ1v) is 11.3. The molecule has 1 unspecified atom stereocenters. The third kappa shape index (κ3) is 4.77. The van der Waals surface area contributed by atoms with Crippen LogP contribution < -0.4 is 5.32 Å². The molecule has 2 aromatic heterocycles. The van der Waals surface area contributed by atoms with E-state index in [0.29, 0.717) is 11.7 Å². The van der Waals surface area contributed by atoms with Gasteiger partial charge in [-0.15, -0.1) is 21.5 Å². The van der Waals surface area contributed by atoms with Crippen LogP contribution in [0.25, 0.3) is 11.3 Å². The molecule has 0 bridgehead atoms. The second-order valence-electron chi connectivity index (χ2n) is 6.75. The van der Waals surface area contributed by atoms with Crippen molar-refractivity contribution in [3.63, 3.8) is 0 Å². The number of rotatable bonds is 7. The van der Waals surface area contributed by atoms with Crippen molar-refractivity contribution in [2.75, 3.05) is 5.32 Å². The lowest BCUT2D eigenvalue weighted by Crippen LogP contribution is -2.23. The number of carbonyl (C=O) groups is 1. The molecule has 30 heavy (non-hydrogen) atoms. The largest absolute Gasteiger partial charge is 0.302 e. The maximum Gasteiger partial charge on any atom is 0.239 e. The molecule has 1 amide bonds. The standard InChI is InChI=1S/C22H21N5OS2/c1-15(20(28)24-21-23-19(14-29-21)18-11-7-4-8-12-18)30-22-26-25-16(2)27(22)13-17-9-5-3-6-10-17/h3-12,14-15H,13H2,1-2H3,(H,23,24,28). The quantitative estimate of drug-likeness (QED) is 0.419. The van der Waals surface area contributed by atoms with Crippen LogP contribution >= 0.6 is 23.1 Å². The number of thiazole rings is 1. The molecular formula is C22H21N5OS2. The van der Waals surface area contributed by atoms with Crippen LogP contribution in [0.3, 0.4) is 0 Å². The number of hydrogen-bond acceptors (Lipinski definition) is 6. The van der Waals surface area contributed by atoms with Gasteiger partial charge in [-0.2, -0.15) is 0 Å². The zero-order valence-corrected chi connectivity index (χ0v) is 18.3. The van der Waals surface area contributed by atoms with Crippen LogP contribution in [-0.2, 0) is 11.3 Å². The van der Waals surface area contributed by atoms with Gasteiger partial charge in [0.05, 0.1) is 17.5 Å². The van der Waals surface area contributed by atoms with Gasteiger partial charge in [-0.05, 0) is 19.4 Å². The molecular weight excluding hydrogens is 414 g/mol. The lowest BCUT2D eigenvalue weighted by molar-refractivity contribution is -0.115. The summed E-state index contributed by atoms with van der Waals surface area (Å²) in [5, 5.41) is 14.3. The Hall–Kier alpha value is -2.97. The lowest BCUT2D eigenvalue weighted by Gasteiger charge is -2.12. The second kappa shape index (κ2) is 9.23. The van der Waals surface area contributed by atoms with Gasteiger partial charge in [-0.1, -0.05) is 72.4 Å². The number of amides is 1. The summed E-state index contributed by atoms with van der Waals surface area (Å²) in [5.41, 5.74) is 3.05. The van der Waals surface area contributed by atoms with Crippen LogP contribution in [0.1, 0.15) is 18.3 Å². The summed E-state index contributed by atoms with van der Waals surface area (Å²) >= 11 is 2.81. The summed E-state index contributed by atoms with van der Waals surface area (Å²) in [5.74, 6) is 0.710. The number of thioether (sulfide) groups is 1. The highest BCUT2D eigenvalue weighted by Crippen LogP contribution is 2.27. The van der Waals surface area contributed by atoms with Crippen molar-refractivity contribution in [2.24, 2.45) is 0 Å². The molecule has 1 atom stereocenters. The Morgan fingerprint density at radius 1 is 1.10 bits per heavy atom. The highest BCUT2D eigenvalue weighted by atomic mass is 32.2. The van der Waals surface area contributed by atoms with Gasteiger partial charge in [0.1, 0.15) is 5.82 Å². The SMILES string of the molecule is Cc1nnc(SC(C)C(=O)Nc2nc(-c3ccccc3)cs2)n1Cc1ccccc1. The maximum atomic E-state index is 12.7. The number of aromatic nitrogens is 4. The Labute approximate surface area is 183 Å². The number of nitrogens with zero attached hydrogens (tertiary/aromatic N) is 4. The van der Waals surface area contributed by atoms with Gasteiger partial charge in [-0.3, -0.25) is 4.79 Å². The van der Waals surface area contributed by atoms with Gasteiger partial charge in [0.15, 0.2) is 10.3 Å². The first kappa shape index (κ1) is 20.3. The van der Waals surface area contributed by atoms with Crippen molar-refractivity contribution in [2.45, 2.75) is 30.8 Å². The van der Waals surface area contributed by atoms with E-state index in [4.69, 9.17) is 0 Å². The first-order valence-electron chi connectivity index (χ1n) is 9.52. The molecule has 0 saturated carbocycles. The minimum Gasteiger partial charge on any atom is -0.302 e. The van der Waals surface area contributed by atoms with Gasteiger partial charge in [0.25, 0.3) is 0 Å². The van der Waals surface area contributed by atoms with Crippen LogP contribution in [0, 0.1) is 6.92 Å². The van der Waals surface area contributed by atoms with E-state index in [0.717, 1.165) is 27.8 Å². The van der Waals surface area contributed by atoms with E-state index >= 15 is 0 Å². The molecule has 2 heterocycles. The molecule has 0 aliphatic rings. The van der Waals surface area contributed by atoms with Crippen LogP contribution in [0.4, 0.5) is 5.13 Å². The van der Waals surface area contributed by atoms with Gasteiger partial charge in [0.2, 0.25) is 5.91 Å². The smallest absolute Gasteiger partial charge is 0.239 e. The average Bonchev–Trinajstić information content (AvgIpc) is 3.37. The fraction of sp³-hybridized carbons (Fsp3) is 0.182. The van der Waals surface area contributed by atoms with Crippen LogP contribution in [0.15, 0.2) is 71.2 Å². The number of nitrogens with one attached hydrogen (secondary N) is 1. The molecule has 0 spiro atoms. The minimum absolute atomic E-state index is 0.110. The van der Waals surface area contributed by atoms with E-state index in [9.17, 15) is 4.79 Å². The van der Waals surface area contributed by atoms with Gasteiger partial charge >= 0.3 is 0 Å². The molecule has 4 rings (SSSR count). The maximum absolute atomic E-state index is 12.7. The number of carbonyl (C=O) groups excluding carboxylic acids is 1. The van der Waals surface area contributed by atoms with E-state index in [1.807, 2.05) is 72.3 Å². The molecule has 4 aromatic rings. The Morgan fingerprint density at radius 2 is 1.80 bits per heavy atom. The van der Waals surface area contributed by atoms with E-state index in [1.165, 1.54) is 23.1 Å². The fourth-order valence-electron chi connectivity index (χ4n) is 2.89. The third-order valence-corrected chi connectivity index (χ3v) is 6.38. The summed E-state index contributed by atoms with van der Waals surface area (Å²) in [4.78, 5) is 17.2. The molecule has 152 valence electrons. The van der Waals surface area contributed by atoms with Crippen molar-refractivity contribution in [3.8, 4) is 11.3 Å². The molecule has 2 aromatic carbocycles. The van der Waals surface area contributed by atoms with Crippen molar-refractivity contribution in [1.82, 2.24) is 19.7 Å². The summed E-state index contributed by atoms with van der Waals surface area (Å²) < 4.78 is 2.03. The number of hydrogen-bond donors (Lipinski definition) is 1. The Bertz CT molecular complexity index is 1120. The zero-order chi connectivity index (χ0) is 20.9. The lowest BCUT2D eigenvalue weighted by atomic mass is 10.2. The Morgan fingerprint density at radius 3 is 2.53 bits per heavy atom. The van der Waals surface area contributed by atoms with Crippen molar-refractivity contribution in [1.29, 1.82) is 0 Å². The molecule has 0 fully saturated rings. The van der Waals surface area contributed by atoms with Crippen molar-refractivity contribution in [3.05, 3.63) is 77.4 Å². The van der Waals surface area contributed by atoms with Crippen molar-refractivity contribution < 1.29 is 4.79 Å². The first-order chi connectivity index (χ1) is 14.6. The van der Waals surface area contributed by atoms with Crippen LogP contribution in [0.2, 0.25) is 0 Å². The summed E-state index contributed by atoms with van der Waals surface area (Å²) in [6.07, 6.45) is 0. The molecule has 0 saturated heterocycles. The highest BCUT2D eigenvalue weighted by Gasteiger charge is 2.20. The topological polar surface area (TPSA) is 72.7 Å². The average molecular weight is 436 g/mol. The van der Waals surface area contributed by atoms with E-state index in [2.05, 4.69) is 32.6 Å². The van der Waals surface area contributed by atoms with Crippen LogP contribution in [-0.4, -0.2) is 30.9 Å². The predicted octanol–water partition coefficient (Wildman–Crippen LogP) is 4.88. The van der Waals surface area contributed by atoms with E-state index in [-0.39, 0.29) is 11.2 Å². The van der Waals surface area contributed by atoms with Gasteiger partial charge < -0.3 is 9.88 Å². The molecule has 1 N–H and O–H groups in total. The molecule has 0 aliphatic heterocycles. The zero-order valence-electron chi connectivity index (χ0n) is 16.6. The highest BCUT2D eigenvalue weighted by molar-refractivity contribution is 8.00. The van der Waals surface area contributed by atoms with Crippen LogP contribution in [0.5, 0.6) is 0 Å². The van der Waals surface area contributed by atoms with E-state index in [1.54, 1.807) is 0 Å². The Kier molecular flexibility index (Phi) is 6.25. The summed E-state index contributed by atoms with van der Waals surface area (Å²) in [6.45, 7) is 4.46. The van der Waals surface area contributed by atoms with E-state index < -0.39 is 0 Å². The van der Waals surface area contributed by atoms with Gasteiger partial charge in [0, 0.05) is 10.9 Å². The Balaban J connectivity index is 1.42. The molecule has 0 aliphatic carbocycles. The number of aryl methyl sites for hydroxylation is 1.